The van der Waals surface area contributed by atoms with Gasteiger partial charge in [0.1, 0.15) is 16.5 Å². The van der Waals surface area contributed by atoms with Crippen molar-refractivity contribution in [2.24, 2.45) is 0 Å². The van der Waals surface area contributed by atoms with Gasteiger partial charge in [0.15, 0.2) is 0 Å². The zero-order valence-corrected chi connectivity index (χ0v) is 7.46. The molecule has 0 spiro atoms. The van der Waals surface area contributed by atoms with Crippen molar-refractivity contribution in [3.05, 3.63) is 28.8 Å². The molecule has 72 valence electrons. The summed E-state index contributed by atoms with van der Waals surface area (Å²) in [4.78, 5) is -1.26. The summed E-state index contributed by atoms with van der Waals surface area (Å²) < 4.78 is 57.8. The fourth-order valence-corrected chi connectivity index (χ4v) is 1.47. The summed E-state index contributed by atoms with van der Waals surface area (Å²) in [7, 11) is -5.20. The Labute approximate surface area is 77.2 Å². The van der Waals surface area contributed by atoms with Crippen LogP contribution in [0.25, 0.3) is 0 Å². The molecule has 0 N–H and O–H groups in total. The van der Waals surface area contributed by atoms with Crippen LogP contribution in [0.4, 0.5) is 12.7 Å². The quantitative estimate of drug-likeness (QED) is 0.548. The molecule has 0 aliphatic heterocycles. The molecule has 0 bridgehead atoms. The standard InChI is InChI=1S/C6H2ClF3O2S/c7-3-1-6(13(10,11)12)5(9)2-4(3)8/h1-2H. The molecular weight excluding hydrogens is 229 g/mol. The van der Waals surface area contributed by atoms with E-state index in [9.17, 15) is 21.1 Å². The highest BCUT2D eigenvalue weighted by Crippen LogP contribution is 2.23. The van der Waals surface area contributed by atoms with Crippen molar-refractivity contribution < 1.29 is 21.1 Å². The Bertz CT molecular complexity index is 443. The molecule has 1 aromatic carbocycles. The Kier molecular flexibility index (Phi) is 2.53. The summed E-state index contributed by atoms with van der Waals surface area (Å²) in [6, 6.07) is 0.580. The van der Waals surface area contributed by atoms with Gasteiger partial charge in [0.05, 0.1) is 5.02 Å². The zero-order valence-electron chi connectivity index (χ0n) is 5.89. The first-order valence-electron chi connectivity index (χ1n) is 2.91. The maximum atomic E-state index is 12.6. The second-order valence-corrected chi connectivity index (χ2v) is 3.86. The molecule has 0 aromatic heterocycles. The minimum absolute atomic E-state index is 0.203. The van der Waals surface area contributed by atoms with E-state index in [1.54, 1.807) is 0 Å². The molecule has 13 heavy (non-hydrogen) atoms. The largest absolute Gasteiger partial charge is 0.335 e. The lowest BCUT2D eigenvalue weighted by molar-refractivity contribution is 0.526. The van der Waals surface area contributed by atoms with Crippen molar-refractivity contribution >= 4 is 21.8 Å². The second kappa shape index (κ2) is 3.19. The fraction of sp³-hybridized carbons (Fsp3) is 0. The molecule has 1 aromatic rings. The highest BCUT2D eigenvalue weighted by Gasteiger charge is 2.20. The van der Waals surface area contributed by atoms with Crippen LogP contribution in [-0.4, -0.2) is 8.42 Å². The average molecular weight is 231 g/mol. The second-order valence-electron chi connectivity index (χ2n) is 2.13. The molecule has 0 saturated carbocycles. The molecule has 0 saturated heterocycles. The fourth-order valence-electron chi connectivity index (χ4n) is 0.691. The Morgan fingerprint density at radius 3 is 2.15 bits per heavy atom. The van der Waals surface area contributed by atoms with E-state index in [2.05, 4.69) is 0 Å². The first-order chi connectivity index (χ1) is 5.82. The lowest BCUT2D eigenvalue weighted by atomic mass is 10.3. The molecule has 0 atom stereocenters. The number of benzene rings is 1. The van der Waals surface area contributed by atoms with E-state index in [0.29, 0.717) is 6.07 Å². The molecule has 1 rings (SSSR count). The lowest BCUT2D eigenvalue weighted by Gasteiger charge is -1.99. The Hall–Kier alpha value is -0.750. The summed E-state index contributed by atoms with van der Waals surface area (Å²) in [5.74, 6) is -2.66. The summed E-state index contributed by atoms with van der Waals surface area (Å²) in [6.07, 6.45) is 0. The van der Waals surface area contributed by atoms with Gasteiger partial charge in [0.2, 0.25) is 0 Å². The van der Waals surface area contributed by atoms with Crippen LogP contribution in [0.5, 0.6) is 0 Å². The first-order valence-corrected chi connectivity index (χ1v) is 4.67. The highest BCUT2D eigenvalue weighted by molar-refractivity contribution is 7.86. The number of rotatable bonds is 1. The van der Waals surface area contributed by atoms with Crippen LogP contribution in [0.3, 0.4) is 0 Å². The van der Waals surface area contributed by atoms with Crippen molar-refractivity contribution in [2.45, 2.75) is 4.90 Å². The molecule has 0 aliphatic rings. The van der Waals surface area contributed by atoms with Crippen LogP contribution in [0.1, 0.15) is 0 Å². The van der Waals surface area contributed by atoms with E-state index < -0.39 is 31.8 Å². The topological polar surface area (TPSA) is 34.1 Å². The number of halogens is 4. The molecule has 0 aliphatic carbocycles. The van der Waals surface area contributed by atoms with Crippen LogP contribution in [0.2, 0.25) is 5.02 Å². The van der Waals surface area contributed by atoms with Gasteiger partial charge in [0.25, 0.3) is 0 Å². The zero-order chi connectivity index (χ0) is 10.2. The third-order valence-corrected chi connectivity index (χ3v) is 2.37. The van der Waals surface area contributed by atoms with Gasteiger partial charge in [-0.2, -0.15) is 8.42 Å². The molecule has 0 amide bonds. The smallest absolute Gasteiger partial charge is 0.205 e. The van der Waals surface area contributed by atoms with E-state index in [1.807, 2.05) is 0 Å². The van der Waals surface area contributed by atoms with E-state index >= 15 is 0 Å². The van der Waals surface area contributed by atoms with Gasteiger partial charge < -0.3 is 0 Å². The van der Waals surface area contributed by atoms with Gasteiger partial charge in [-0.25, -0.2) is 8.78 Å². The molecule has 7 heteroatoms. The molecule has 0 unspecified atom stereocenters. The van der Waals surface area contributed by atoms with Gasteiger partial charge in [-0.3, -0.25) is 0 Å². The Morgan fingerprint density at radius 2 is 1.69 bits per heavy atom. The highest BCUT2D eigenvalue weighted by atomic mass is 35.5. The molecule has 0 heterocycles. The van der Waals surface area contributed by atoms with E-state index in [4.69, 9.17) is 11.6 Å². The normalized spacial score (nSPS) is 11.7. The summed E-state index contributed by atoms with van der Waals surface area (Å²) in [5, 5.41) is -0.655. The van der Waals surface area contributed by atoms with Gasteiger partial charge in [0, 0.05) is 6.07 Å². The Morgan fingerprint density at radius 1 is 1.15 bits per heavy atom. The Balaban J connectivity index is 3.50. The van der Waals surface area contributed by atoms with Gasteiger partial charge in [-0.05, 0) is 6.07 Å². The van der Waals surface area contributed by atoms with E-state index in [-0.39, 0.29) is 6.07 Å². The van der Waals surface area contributed by atoms with Crippen LogP contribution in [0, 0.1) is 11.6 Å². The molecule has 0 fully saturated rings. The molecule has 0 radical (unpaired) electrons. The summed E-state index contributed by atoms with van der Waals surface area (Å²) >= 11 is 5.12. The van der Waals surface area contributed by atoms with Crippen LogP contribution in [0.15, 0.2) is 17.0 Å². The first kappa shape index (κ1) is 10.3. The van der Waals surface area contributed by atoms with Crippen molar-refractivity contribution in [2.75, 3.05) is 0 Å². The summed E-state index contributed by atoms with van der Waals surface area (Å²) in [6.45, 7) is 0. The van der Waals surface area contributed by atoms with Crippen molar-refractivity contribution in [3.63, 3.8) is 0 Å². The summed E-state index contributed by atoms with van der Waals surface area (Å²) in [5.41, 5.74) is 0. The maximum Gasteiger partial charge on any atom is 0.335 e. The van der Waals surface area contributed by atoms with Gasteiger partial charge in [-0.15, -0.1) is 3.89 Å². The molecule has 2 nitrogen and oxygen atoms in total. The van der Waals surface area contributed by atoms with Crippen LogP contribution in [-0.2, 0) is 10.2 Å². The van der Waals surface area contributed by atoms with Crippen LogP contribution >= 0.6 is 11.6 Å². The predicted octanol–water partition coefficient (Wildman–Crippen LogP) is 2.28. The molecular formula is C6H2ClF3O2S. The van der Waals surface area contributed by atoms with Crippen LogP contribution < -0.4 is 0 Å². The number of hydrogen-bond acceptors (Lipinski definition) is 2. The third-order valence-electron chi connectivity index (χ3n) is 1.24. The maximum absolute atomic E-state index is 12.6. The minimum atomic E-state index is -5.20. The van der Waals surface area contributed by atoms with Crippen molar-refractivity contribution in [1.82, 2.24) is 0 Å². The average Bonchev–Trinajstić information content (AvgIpc) is 1.94. The van der Waals surface area contributed by atoms with Crippen molar-refractivity contribution in [3.8, 4) is 0 Å². The monoisotopic (exact) mass is 230 g/mol. The lowest BCUT2D eigenvalue weighted by Crippen LogP contribution is -1.97. The SMILES string of the molecule is O=S(=O)(F)c1cc(Cl)c(F)cc1F. The number of hydrogen-bond donors (Lipinski definition) is 0. The van der Waals surface area contributed by atoms with Gasteiger partial charge >= 0.3 is 10.2 Å². The van der Waals surface area contributed by atoms with Gasteiger partial charge in [-0.1, -0.05) is 11.6 Å². The van der Waals surface area contributed by atoms with E-state index in [1.165, 1.54) is 0 Å². The van der Waals surface area contributed by atoms with Crippen molar-refractivity contribution in [1.29, 1.82) is 0 Å². The minimum Gasteiger partial charge on any atom is -0.205 e. The van der Waals surface area contributed by atoms with E-state index in [0.717, 1.165) is 0 Å². The third kappa shape index (κ3) is 2.13. The predicted molar refractivity (Wildman–Crippen MR) is 39.7 cm³/mol.